The Morgan fingerprint density at radius 1 is 1.13 bits per heavy atom. The summed E-state index contributed by atoms with van der Waals surface area (Å²) in [6.07, 6.45) is 2.67. The second-order valence-electron chi connectivity index (χ2n) is 12.1. The number of benzene rings is 2. The van der Waals surface area contributed by atoms with Crippen molar-refractivity contribution in [1.82, 2.24) is 10.6 Å². The number of fused-ring (bicyclic) bond motifs is 2. The molecule has 38 heavy (non-hydrogen) atoms. The summed E-state index contributed by atoms with van der Waals surface area (Å²) in [5.74, 6) is -3.51. The number of rotatable bonds is 4. The van der Waals surface area contributed by atoms with Crippen molar-refractivity contribution < 1.29 is 23.5 Å². The van der Waals surface area contributed by atoms with Gasteiger partial charge in [0.05, 0.1) is 12.1 Å². The van der Waals surface area contributed by atoms with Crippen LogP contribution in [0.1, 0.15) is 69.9 Å². The third-order valence-corrected chi connectivity index (χ3v) is 8.47. The maximum absolute atomic E-state index is 14.7. The average molecular weight is 546 g/mol. The molecule has 2 aromatic rings. The molecule has 1 saturated heterocycles. The van der Waals surface area contributed by atoms with Crippen LogP contribution in [0.5, 0.6) is 0 Å². The number of hydrogen-bond donors (Lipinski definition) is 4. The second kappa shape index (κ2) is 9.88. The van der Waals surface area contributed by atoms with Gasteiger partial charge in [0.15, 0.2) is 11.6 Å². The lowest BCUT2D eigenvalue weighted by Crippen LogP contribution is -2.49. The van der Waals surface area contributed by atoms with Crippen molar-refractivity contribution in [2.75, 3.05) is 5.32 Å². The number of aliphatic hydroxyl groups is 1. The van der Waals surface area contributed by atoms with Crippen molar-refractivity contribution in [1.29, 1.82) is 0 Å². The summed E-state index contributed by atoms with van der Waals surface area (Å²) in [7, 11) is 0. The Bertz CT molecular complexity index is 1260. The molecule has 204 valence electrons. The molecule has 2 amide bonds. The van der Waals surface area contributed by atoms with Crippen LogP contribution >= 0.6 is 11.6 Å². The van der Waals surface area contributed by atoms with Crippen LogP contribution in [0.15, 0.2) is 36.4 Å². The monoisotopic (exact) mass is 545 g/mol. The quantitative estimate of drug-likeness (QED) is 0.445. The summed E-state index contributed by atoms with van der Waals surface area (Å²) in [5.41, 5.74) is -0.427. The molecule has 2 aromatic carbocycles. The molecule has 1 aliphatic carbocycles. The number of amides is 2. The maximum atomic E-state index is 14.7. The number of hydrogen-bond acceptors (Lipinski definition) is 4. The topological polar surface area (TPSA) is 90.5 Å². The highest BCUT2D eigenvalue weighted by atomic mass is 35.5. The van der Waals surface area contributed by atoms with E-state index in [1.165, 1.54) is 0 Å². The molecule has 0 radical (unpaired) electrons. The standard InChI is InChI=1S/C29H34ClF2N3O3/c1-28(2,3)14-23-29(19-12-20(31)21(32)13-22(19)34-27(29)38)24(15-5-4-6-16(30)11-15)25(35-23)26(37)33-17-7-9-18(36)10-8-17/h4-6,11-13,17-18,23-25,35-36H,7-10,14H2,1-3H3,(H,33,37)(H,34,38)/t17?,18?,23-,24+,25-,29+/m1/s1. The minimum atomic E-state index is -1.38. The number of halogens is 3. The van der Waals surface area contributed by atoms with Gasteiger partial charge in [-0.05, 0) is 66.8 Å². The lowest BCUT2D eigenvalue weighted by molar-refractivity contribution is -0.124. The number of carbonyl (C=O) groups is 2. The normalized spacial score (nSPS) is 30.8. The van der Waals surface area contributed by atoms with Crippen molar-refractivity contribution in [2.45, 2.75) is 88.4 Å². The molecule has 2 heterocycles. The van der Waals surface area contributed by atoms with Crippen LogP contribution in [-0.4, -0.2) is 41.2 Å². The van der Waals surface area contributed by atoms with Gasteiger partial charge >= 0.3 is 0 Å². The van der Waals surface area contributed by atoms with Gasteiger partial charge in [0, 0.05) is 34.8 Å². The van der Waals surface area contributed by atoms with E-state index in [1.54, 1.807) is 18.2 Å². The number of aliphatic hydroxyl groups excluding tert-OH is 1. The van der Waals surface area contributed by atoms with Gasteiger partial charge in [-0.3, -0.25) is 9.59 Å². The Labute approximate surface area is 226 Å². The summed E-state index contributed by atoms with van der Waals surface area (Å²) >= 11 is 6.39. The van der Waals surface area contributed by atoms with Gasteiger partial charge < -0.3 is 21.1 Å². The maximum Gasteiger partial charge on any atom is 0.238 e. The van der Waals surface area contributed by atoms with Crippen LogP contribution in [0.25, 0.3) is 0 Å². The van der Waals surface area contributed by atoms with Gasteiger partial charge in [0.25, 0.3) is 0 Å². The van der Waals surface area contributed by atoms with Crippen molar-refractivity contribution in [3.8, 4) is 0 Å². The van der Waals surface area contributed by atoms with E-state index in [0.717, 1.165) is 12.1 Å². The van der Waals surface area contributed by atoms with Crippen molar-refractivity contribution in [3.63, 3.8) is 0 Å². The van der Waals surface area contributed by atoms with Gasteiger partial charge in [0.1, 0.15) is 5.41 Å². The fourth-order valence-corrected chi connectivity index (χ4v) is 6.84. The SMILES string of the molecule is CC(C)(C)C[C@H]1N[C@@H](C(=O)NC2CCC(O)CC2)[C@H](c2cccc(Cl)c2)[C@@]12C(=O)Nc1cc(F)c(F)cc12. The molecule has 4 atom stereocenters. The van der Waals surface area contributed by atoms with Gasteiger partial charge in [-0.25, -0.2) is 8.78 Å². The highest BCUT2D eigenvalue weighted by molar-refractivity contribution is 6.30. The Morgan fingerprint density at radius 2 is 1.82 bits per heavy atom. The van der Waals surface area contributed by atoms with Crippen LogP contribution in [0.4, 0.5) is 14.5 Å². The van der Waals surface area contributed by atoms with E-state index < -0.39 is 41.0 Å². The Morgan fingerprint density at radius 3 is 2.47 bits per heavy atom. The van der Waals surface area contributed by atoms with Crippen LogP contribution in [0.2, 0.25) is 5.02 Å². The summed E-state index contributed by atoms with van der Waals surface area (Å²) in [6, 6.07) is 7.66. The molecule has 0 unspecified atom stereocenters. The minimum absolute atomic E-state index is 0.0958. The zero-order valence-corrected chi connectivity index (χ0v) is 22.5. The number of carbonyl (C=O) groups excluding carboxylic acids is 2. The predicted octanol–water partition coefficient (Wildman–Crippen LogP) is 4.79. The highest BCUT2D eigenvalue weighted by Gasteiger charge is 2.66. The average Bonchev–Trinajstić information content (AvgIpc) is 3.30. The molecule has 3 aliphatic rings. The van der Waals surface area contributed by atoms with Crippen LogP contribution in [0.3, 0.4) is 0 Å². The first kappa shape index (κ1) is 27.0. The summed E-state index contributed by atoms with van der Waals surface area (Å²) in [4.78, 5) is 28.0. The predicted molar refractivity (Wildman–Crippen MR) is 142 cm³/mol. The lowest BCUT2D eigenvalue weighted by Gasteiger charge is -2.37. The molecule has 1 saturated carbocycles. The Kier molecular flexibility index (Phi) is 7.03. The molecular formula is C29H34ClF2N3O3. The largest absolute Gasteiger partial charge is 0.393 e. The number of anilines is 1. The molecule has 0 aromatic heterocycles. The molecular weight excluding hydrogens is 512 g/mol. The Hall–Kier alpha value is -2.55. The fourth-order valence-electron chi connectivity index (χ4n) is 6.65. The first-order valence-corrected chi connectivity index (χ1v) is 13.6. The second-order valence-corrected chi connectivity index (χ2v) is 12.6. The third-order valence-electron chi connectivity index (χ3n) is 8.23. The van der Waals surface area contributed by atoms with Gasteiger partial charge in [-0.1, -0.05) is 44.5 Å². The van der Waals surface area contributed by atoms with E-state index in [0.29, 0.717) is 48.3 Å². The zero-order valence-electron chi connectivity index (χ0n) is 21.8. The third kappa shape index (κ3) is 4.71. The summed E-state index contributed by atoms with van der Waals surface area (Å²) in [6.45, 7) is 6.11. The minimum Gasteiger partial charge on any atom is -0.393 e. The lowest BCUT2D eigenvalue weighted by atomic mass is 9.62. The van der Waals surface area contributed by atoms with E-state index in [1.807, 2.05) is 26.8 Å². The molecule has 6 nitrogen and oxygen atoms in total. The van der Waals surface area contributed by atoms with E-state index in [9.17, 15) is 23.5 Å². The van der Waals surface area contributed by atoms with E-state index in [-0.39, 0.29) is 29.2 Å². The zero-order chi connectivity index (χ0) is 27.4. The van der Waals surface area contributed by atoms with E-state index in [2.05, 4.69) is 16.0 Å². The molecule has 1 spiro atoms. The van der Waals surface area contributed by atoms with Crippen molar-refractivity contribution in [2.24, 2.45) is 5.41 Å². The smallest absolute Gasteiger partial charge is 0.238 e. The van der Waals surface area contributed by atoms with E-state index in [4.69, 9.17) is 11.6 Å². The summed E-state index contributed by atoms with van der Waals surface area (Å²) < 4.78 is 29.0. The first-order valence-electron chi connectivity index (χ1n) is 13.2. The van der Waals surface area contributed by atoms with Crippen molar-refractivity contribution >= 4 is 29.1 Å². The molecule has 2 fully saturated rings. The molecule has 5 rings (SSSR count). The highest BCUT2D eigenvalue weighted by Crippen LogP contribution is 2.56. The number of nitrogens with one attached hydrogen (secondary N) is 3. The van der Waals surface area contributed by atoms with Gasteiger partial charge in [0.2, 0.25) is 11.8 Å². The first-order chi connectivity index (χ1) is 17.9. The van der Waals surface area contributed by atoms with Crippen LogP contribution in [-0.2, 0) is 15.0 Å². The summed E-state index contributed by atoms with van der Waals surface area (Å²) in [5, 5.41) is 19.7. The van der Waals surface area contributed by atoms with Gasteiger partial charge in [-0.15, -0.1) is 0 Å². The molecule has 4 N–H and O–H groups in total. The van der Waals surface area contributed by atoms with Crippen molar-refractivity contribution in [3.05, 3.63) is 64.2 Å². The molecule has 9 heteroatoms. The fraction of sp³-hybridized carbons (Fsp3) is 0.517. The van der Waals surface area contributed by atoms with Gasteiger partial charge in [-0.2, -0.15) is 0 Å². The molecule has 0 bridgehead atoms. The van der Waals surface area contributed by atoms with Crippen LogP contribution < -0.4 is 16.0 Å². The van der Waals surface area contributed by atoms with Crippen LogP contribution in [0, 0.1) is 17.0 Å². The molecule has 2 aliphatic heterocycles. The Balaban J connectivity index is 1.66. The van der Waals surface area contributed by atoms with E-state index >= 15 is 0 Å².